The molecular weight excluding hydrogens is 435 g/mol. The van der Waals surface area contributed by atoms with E-state index < -0.39 is 23.7 Å². The summed E-state index contributed by atoms with van der Waals surface area (Å²) in [4.78, 5) is 38.5. The summed E-state index contributed by atoms with van der Waals surface area (Å²) in [5, 5.41) is 2.16. The van der Waals surface area contributed by atoms with Crippen LogP contribution in [-0.4, -0.2) is 17.8 Å². The predicted octanol–water partition coefficient (Wildman–Crippen LogP) is 4.80. The van der Waals surface area contributed by atoms with Gasteiger partial charge in [0.15, 0.2) is 0 Å². The zero-order chi connectivity index (χ0) is 24.1. The Kier molecular flexibility index (Phi) is 6.64. The second kappa shape index (κ2) is 9.95. The standard InChI is InChI=1S/C27H21FN2O4/c1-2-6-20-15-19(9-14-24(20)34-17-18-7-4-3-5-8-18)16-23-25(31)29-27(33)30(26(23)32)22-12-10-21(28)11-13-22/h2-5,7-16H,1,6,17H2,(H,29,31,33)/b23-16+. The van der Waals surface area contributed by atoms with E-state index in [9.17, 15) is 18.8 Å². The van der Waals surface area contributed by atoms with Crippen molar-refractivity contribution in [3.63, 3.8) is 0 Å². The highest BCUT2D eigenvalue weighted by Gasteiger charge is 2.36. The fraction of sp³-hybridized carbons (Fsp3) is 0.0741. The summed E-state index contributed by atoms with van der Waals surface area (Å²) in [6.07, 6.45) is 3.66. The monoisotopic (exact) mass is 456 g/mol. The number of amides is 4. The Morgan fingerprint density at radius 1 is 0.971 bits per heavy atom. The van der Waals surface area contributed by atoms with Crippen LogP contribution in [0.3, 0.4) is 0 Å². The summed E-state index contributed by atoms with van der Waals surface area (Å²) in [5.74, 6) is -1.45. The maximum atomic E-state index is 13.3. The number of nitrogens with one attached hydrogen (secondary N) is 1. The molecule has 6 nitrogen and oxygen atoms in total. The van der Waals surface area contributed by atoms with Crippen LogP contribution in [0.2, 0.25) is 0 Å². The first kappa shape index (κ1) is 22.7. The molecule has 0 radical (unpaired) electrons. The van der Waals surface area contributed by atoms with Gasteiger partial charge in [0.1, 0.15) is 23.7 Å². The van der Waals surface area contributed by atoms with E-state index in [0.717, 1.165) is 28.2 Å². The van der Waals surface area contributed by atoms with Gasteiger partial charge in [-0.1, -0.05) is 42.5 Å². The van der Waals surface area contributed by atoms with E-state index in [4.69, 9.17) is 4.74 Å². The van der Waals surface area contributed by atoms with E-state index in [1.165, 1.54) is 18.2 Å². The van der Waals surface area contributed by atoms with Crippen LogP contribution in [0.15, 0.2) is 91.0 Å². The molecule has 1 fully saturated rings. The zero-order valence-electron chi connectivity index (χ0n) is 18.2. The molecule has 4 rings (SSSR count). The van der Waals surface area contributed by atoms with Crippen molar-refractivity contribution < 1.29 is 23.5 Å². The van der Waals surface area contributed by atoms with Crippen molar-refractivity contribution in [2.45, 2.75) is 13.0 Å². The molecule has 1 aliphatic heterocycles. The maximum absolute atomic E-state index is 13.3. The second-order valence-corrected chi connectivity index (χ2v) is 7.57. The summed E-state index contributed by atoms with van der Waals surface area (Å²) in [5.41, 5.74) is 2.37. The Morgan fingerprint density at radius 2 is 1.71 bits per heavy atom. The van der Waals surface area contributed by atoms with Gasteiger partial charge in [0.2, 0.25) is 0 Å². The number of imide groups is 2. The molecule has 0 atom stereocenters. The number of hydrogen-bond donors (Lipinski definition) is 1. The van der Waals surface area contributed by atoms with Gasteiger partial charge < -0.3 is 4.74 Å². The minimum atomic E-state index is -0.893. The van der Waals surface area contributed by atoms with E-state index in [-0.39, 0.29) is 11.3 Å². The molecule has 7 heteroatoms. The van der Waals surface area contributed by atoms with Crippen LogP contribution in [0.25, 0.3) is 6.08 Å². The van der Waals surface area contributed by atoms with Crippen LogP contribution in [-0.2, 0) is 22.6 Å². The molecule has 34 heavy (non-hydrogen) atoms. The number of ether oxygens (including phenoxy) is 1. The van der Waals surface area contributed by atoms with Crippen LogP contribution < -0.4 is 15.0 Å². The molecule has 1 aliphatic rings. The molecule has 0 aromatic heterocycles. The summed E-state index contributed by atoms with van der Waals surface area (Å²) < 4.78 is 19.2. The molecule has 1 N–H and O–H groups in total. The first-order valence-corrected chi connectivity index (χ1v) is 10.5. The van der Waals surface area contributed by atoms with Crippen molar-refractivity contribution in [3.05, 3.63) is 114 Å². The maximum Gasteiger partial charge on any atom is 0.335 e. The van der Waals surface area contributed by atoms with Crippen LogP contribution in [0.5, 0.6) is 5.75 Å². The first-order chi connectivity index (χ1) is 16.5. The van der Waals surface area contributed by atoms with E-state index in [1.54, 1.807) is 24.3 Å². The van der Waals surface area contributed by atoms with Crippen LogP contribution in [0.4, 0.5) is 14.9 Å². The third-order valence-electron chi connectivity index (χ3n) is 5.18. The van der Waals surface area contributed by atoms with Crippen molar-refractivity contribution in [2.75, 3.05) is 4.90 Å². The van der Waals surface area contributed by atoms with Gasteiger partial charge in [-0.05, 0) is 65.6 Å². The molecule has 170 valence electrons. The molecule has 3 aromatic rings. The lowest BCUT2D eigenvalue weighted by Gasteiger charge is -2.26. The molecule has 0 bridgehead atoms. The third-order valence-corrected chi connectivity index (χ3v) is 5.18. The number of urea groups is 1. The van der Waals surface area contributed by atoms with Crippen molar-refractivity contribution in [1.29, 1.82) is 0 Å². The van der Waals surface area contributed by atoms with Gasteiger partial charge in [-0.25, -0.2) is 14.1 Å². The Balaban J connectivity index is 1.62. The van der Waals surface area contributed by atoms with E-state index >= 15 is 0 Å². The highest BCUT2D eigenvalue weighted by molar-refractivity contribution is 6.39. The lowest BCUT2D eigenvalue weighted by atomic mass is 10.0. The largest absolute Gasteiger partial charge is 0.489 e. The number of anilines is 1. The normalized spacial score (nSPS) is 14.8. The lowest BCUT2D eigenvalue weighted by molar-refractivity contribution is -0.122. The number of barbiturate groups is 1. The fourth-order valence-corrected chi connectivity index (χ4v) is 3.53. The number of hydrogen-bond acceptors (Lipinski definition) is 4. The Bertz CT molecular complexity index is 1280. The number of nitrogens with zero attached hydrogens (tertiary/aromatic N) is 1. The number of carbonyl (C=O) groups is 3. The van der Waals surface area contributed by atoms with Gasteiger partial charge in [0.25, 0.3) is 11.8 Å². The average molecular weight is 456 g/mol. The van der Waals surface area contributed by atoms with Gasteiger partial charge in [-0.15, -0.1) is 6.58 Å². The van der Waals surface area contributed by atoms with Crippen LogP contribution in [0.1, 0.15) is 16.7 Å². The minimum absolute atomic E-state index is 0.152. The summed E-state index contributed by atoms with van der Waals surface area (Å²) in [6, 6.07) is 19.0. The van der Waals surface area contributed by atoms with Crippen LogP contribution >= 0.6 is 0 Å². The minimum Gasteiger partial charge on any atom is -0.489 e. The number of allylic oxidation sites excluding steroid dienone is 1. The number of halogens is 1. The van der Waals surface area contributed by atoms with Crippen LogP contribution in [0, 0.1) is 5.82 Å². The Morgan fingerprint density at radius 3 is 2.41 bits per heavy atom. The molecule has 0 spiro atoms. The second-order valence-electron chi connectivity index (χ2n) is 7.57. The quantitative estimate of drug-likeness (QED) is 0.315. The molecule has 1 saturated heterocycles. The van der Waals surface area contributed by atoms with E-state index in [2.05, 4.69) is 11.9 Å². The number of carbonyl (C=O) groups excluding carboxylic acids is 3. The van der Waals surface area contributed by atoms with Crippen molar-refractivity contribution in [2.24, 2.45) is 0 Å². The van der Waals surface area contributed by atoms with Crippen molar-refractivity contribution >= 4 is 29.6 Å². The van der Waals surface area contributed by atoms with Gasteiger partial charge in [-0.3, -0.25) is 14.9 Å². The lowest BCUT2D eigenvalue weighted by Crippen LogP contribution is -2.54. The zero-order valence-corrected chi connectivity index (χ0v) is 18.2. The predicted molar refractivity (Wildman–Crippen MR) is 127 cm³/mol. The molecule has 1 heterocycles. The van der Waals surface area contributed by atoms with E-state index in [1.807, 2.05) is 30.3 Å². The van der Waals surface area contributed by atoms with Gasteiger partial charge >= 0.3 is 6.03 Å². The summed E-state index contributed by atoms with van der Waals surface area (Å²) in [6.45, 7) is 4.17. The van der Waals surface area contributed by atoms with Gasteiger partial charge in [-0.2, -0.15) is 0 Å². The highest BCUT2D eigenvalue weighted by atomic mass is 19.1. The van der Waals surface area contributed by atoms with Crippen molar-refractivity contribution in [3.8, 4) is 5.75 Å². The molecule has 3 aromatic carbocycles. The Labute approximate surface area is 196 Å². The molecule has 0 saturated carbocycles. The molecular formula is C27H21FN2O4. The third kappa shape index (κ3) is 4.94. The molecule has 0 unspecified atom stereocenters. The summed E-state index contributed by atoms with van der Waals surface area (Å²) in [7, 11) is 0. The fourth-order valence-electron chi connectivity index (χ4n) is 3.53. The Hall–Kier alpha value is -4.52. The summed E-state index contributed by atoms with van der Waals surface area (Å²) >= 11 is 0. The van der Waals surface area contributed by atoms with E-state index in [0.29, 0.717) is 24.3 Å². The smallest absolute Gasteiger partial charge is 0.335 e. The van der Waals surface area contributed by atoms with Gasteiger partial charge in [0, 0.05) is 0 Å². The highest BCUT2D eigenvalue weighted by Crippen LogP contribution is 2.26. The average Bonchev–Trinajstić information content (AvgIpc) is 2.83. The first-order valence-electron chi connectivity index (χ1n) is 10.5. The van der Waals surface area contributed by atoms with Crippen molar-refractivity contribution in [1.82, 2.24) is 5.32 Å². The number of benzene rings is 3. The molecule has 4 amide bonds. The SMILES string of the molecule is C=CCc1cc(/C=C2\C(=O)NC(=O)N(c3ccc(F)cc3)C2=O)ccc1OCc1ccccc1. The van der Waals surface area contributed by atoms with Gasteiger partial charge in [0.05, 0.1) is 5.69 Å². The molecule has 0 aliphatic carbocycles. The number of rotatable bonds is 7. The topological polar surface area (TPSA) is 75.7 Å².